The SMILES string of the molecule is Cc1cc(CN2Cc3c(ccnc3Cl)C2=O)cnc1N1CCC(F)(F)CC1. The molecule has 0 N–H and O–H groups in total. The number of aromatic nitrogens is 2. The van der Waals surface area contributed by atoms with E-state index < -0.39 is 5.92 Å². The summed E-state index contributed by atoms with van der Waals surface area (Å²) >= 11 is 6.09. The van der Waals surface area contributed by atoms with Crippen LogP contribution in [0.15, 0.2) is 24.5 Å². The summed E-state index contributed by atoms with van der Waals surface area (Å²) in [5.74, 6) is -1.92. The molecular weight excluding hydrogens is 374 g/mol. The molecule has 0 aliphatic carbocycles. The Balaban J connectivity index is 1.48. The predicted octanol–water partition coefficient (Wildman–Crippen LogP) is 3.83. The molecule has 8 heteroatoms. The molecule has 0 unspecified atom stereocenters. The third-order valence-corrected chi connectivity index (χ3v) is 5.47. The van der Waals surface area contributed by atoms with Crippen LogP contribution in [0.4, 0.5) is 14.6 Å². The van der Waals surface area contributed by atoms with Crippen LogP contribution in [-0.4, -0.2) is 39.8 Å². The summed E-state index contributed by atoms with van der Waals surface area (Å²) in [5, 5.41) is 0.356. The minimum Gasteiger partial charge on any atom is -0.356 e. The molecular formula is C19H19ClF2N4O. The number of anilines is 1. The molecule has 0 saturated carbocycles. The fourth-order valence-corrected chi connectivity index (χ4v) is 3.91. The van der Waals surface area contributed by atoms with Gasteiger partial charge in [-0.2, -0.15) is 0 Å². The molecule has 2 aromatic rings. The average molecular weight is 393 g/mol. The van der Waals surface area contributed by atoms with Crippen molar-refractivity contribution in [1.82, 2.24) is 14.9 Å². The van der Waals surface area contributed by atoms with Crippen molar-refractivity contribution in [3.63, 3.8) is 0 Å². The number of nitrogens with zero attached hydrogens (tertiary/aromatic N) is 4. The average Bonchev–Trinajstić information content (AvgIpc) is 2.93. The molecule has 0 radical (unpaired) electrons. The maximum atomic E-state index is 13.4. The number of carbonyl (C=O) groups is 1. The van der Waals surface area contributed by atoms with E-state index in [1.165, 1.54) is 6.20 Å². The highest BCUT2D eigenvalue weighted by Crippen LogP contribution is 2.32. The first-order valence-electron chi connectivity index (χ1n) is 8.85. The first-order valence-corrected chi connectivity index (χ1v) is 9.23. The van der Waals surface area contributed by atoms with Crippen LogP contribution in [0.25, 0.3) is 0 Å². The van der Waals surface area contributed by atoms with Gasteiger partial charge in [-0.05, 0) is 30.2 Å². The number of pyridine rings is 2. The maximum absolute atomic E-state index is 13.4. The van der Waals surface area contributed by atoms with Gasteiger partial charge in [0.1, 0.15) is 11.0 Å². The third-order valence-electron chi connectivity index (χ3n) is 5.15. The standard InChI is InChI=1S/C19H19ClF2N4O/c1-12-8-13(9-24-17(12)25-6-3-19(21,22)4-7-25)10-26-11-15-14(18(26)27)2-5-23-16(15)20/h2,5,8-9H,3-4,6-7,10-11H2,1H3. The largest absolute Gasteiger partial charge is 0.356 e. The van der Waals surface area contributed by atoms with Crippen LogP contribution in [0.3, 0.4) is 0 Å². The quantitative estimate of drug-likeness (QED) is 0.745. The molecule has 0 atom stereocenters. The fourth-order valence-electron chi connectivity index (χ4n) is 3.69. The van der Waals surface area contributed by atoms with E-state index in [-0.39, 0.29) is 18.7 Å². The van der Waals surface area contributed by atoms with Gasteiger partial charge in [0, 0.05) is 56.0 Å². The first kappa shape index (κ1) is 18.1. The molecule has 27 heavy (non-hydrogen) atoms. The summed E-state index contributed by atoms with van der Waals surface area (Å²) in [4.78, 5) is 24.7. The second-order valence-corrected chi connectivity index (χ2v) is 7.47. The molecule has 1 saturated heterocycles. The number of hydrogen-bond donors (Lipinski definition) is 0. The number of carbonyl (C=O) groups excluding carboxylic acids is 1. The number of halogens is 3. The van der Waals surface area contributed by atoms with Crippen molar-refractivity contribution in [3.8, 4) is 0 Å². The zero-order valence-corrected chi connectivity index (χ0v) is 15.6. The van der Waals surface area contributed by atoms with E-state index in [9.17, 15) is 13.6 Å². The van der Waals surface area contributed by atoms with Crippen LogP contribution >= 0.6 is 11.6 Å². The van der Waals surface area contributed by atoms with Crippen LogP contribution in [0.5, 0.6) is 0 Å². The maximum Gasteiger partial charge on any atom is 0.254 e. The molecule has 2 aliphatic heterocycles. The Morgan fingerprint density at radius 3 is 2.67 bits per heavy atom. The Morgan fingerprint density at radius 2 is 2.00 bits per heavy atom. The lowest BCUT2D eigenvalue weighted by Crippen LogP contribution is -2.40. The molecule has 4 rings (SSSR count). The summed E-state index contributed by atoms with van der Waals surface area (Å²) < 4.78 is 26.7. The summed E-state index contributed by atoms with van der Waals surface area (Å²) in [6.45, 7) is 3.34. The van der Waals surface area contributed by atoms with Crippen molar-refractivity contribution < 1.29 is 13.6 Å². The molecule has 142 valence electrons. The lowest BCUT2D eigenvalue weighted by Gasteiger charge is -2.33. The second-order valence-electron chi connectivity index (χ2n) is 7.12. The fraction of sp³-hybridized carbons (Fsp3) is 0.421. The third kappa shape index (κ3) is 3.48. The molecule has 1 amide bonds. The lowest BCUT2D eigenvalue weighted by molar-refractivity contribution is -0.0221. The minimum atomic E-state index is -2.58. The van der Waals surface area contributed by atoms with Gasteiger partial charge in [-0.25, -0.2) is 18.7 Å². The summed E-state index contributed by atoms with van der Waals surface area (Å²) in [5.41, 5.74) is 3.15. The topological polar surface area (TPSA) is 49.3 Å². The van der Waals surface area contributed by atoms with Gasteiger partial charge in [-0.15, -0.1) is 0 Å². The summed E-state index contributed by atoms with van der Waals surface area (Å²) in [6, 6.07) is 3.65. The molecule has 5 nitrogen and oxygen atoms in total. The molecule has 2 aromatic heterocycles. The van der Waals surface area contributed by atoms with Crippen molar-refractivity contribution in [2.75, 3.05) is 18.0 Å². The van der Waals surface area contributed by atoms with Crippen LogP contribution in [0.1, 0.15) is 39.9 Å². The first-order chi connectivity index (χ1) is 12.8. The number of rotatable bonds is 3. The summed E-state index contributed by atoms with van der Waals surface area (Å²) in [7, 11) is 0. The Bertz CT molecular complexity index is 895. The van der Waals surface area contributed by atoms with Gasteiger partial charge in [-0.1, -0.05) is 11.6 Å². The zero-order valence-electron chi connectivity index (χ0n) is 14.9. The highest BCUT2D eigenvalue weighted by molar-refractivity contribution is 6.30. The van der Waals surface area contributed by atoms with E-state index in [1.54, 1.807) is 17.2 Å². The van der Waals surface area contributed by atoms with Gasteiger partial charge in [0.2, 0.25) is 0 Å². The smallest absolute Gasteiger partial charge is 0.254 e. The molecule has 0 bridgehead atoms. The Kier molecular flexibility index (Phi) is 4.50. The van der Waals surface area contributed by atoms with Crippen LogP contribution in [0.2, 0.25) is 5.15 Å². The number of piperidine rings is 1. The van der Waals surface area contributed by atoms with Gasteiger partial charge in [0.15, 0.2) is 0 Å². The van der Waals surface area contributed by atoms with Crippen molar-refractivity contribution >= 4 is 23.3 Å². The Labute approximate surface area is 161 Å². The van der Waals surface area contributed by atoms with Crippen molar-refractivity contribution in [2.24, 2.45) is 0 Å². The number of fused-ring (bicyclic) bond motifs is 1. The molecule has 0 spiro atoms. The molecule has 2 aliphatic rings. The van der Waals surface area contributed by atoms with Crippen LogP contribution in [0, 0.1) is 6.92 Å². The van der Waals surface area contributed by atoms with Gasteiger partial charge in [-0.3, -0.25) is 4.79 Å². The predicted molar refractivity (Wildman–Crippen MR) is 98.2 cm³/mol. The van der Waals surface area contributed by atoms with Gasteiger partial charge in [0.25, 0.3) is 11.8 Å². The van der Waals surface area contributed by atoms with Crippen LogP contribution < -0.4 is 4.90 Å². The Hall–Kier alpha value is -2.28. The number of hydrogen-bond acceptors (Lipinski definition) is 4. The van der Waals surface area contributed by atoms with Gasteiger partial charge >= 0.3 is 0 Å². The van der Waals surface area contributed by atoms with E-state index >= 15 is 0 Å². The molecule has 1 fully saturated rings. The number of aryl methyl sites for hydroxylation is 1. The highest BCUT2D eigenvalue weighted by Gasteiger charge is 2.35. The van der Waals surface area contributed by atoms with Crippen molar-refractivity contribution in [3.05, 3.63) is 51.9 Å². The van der Waals surface area contributed by atoms with Crippen LogP contribution in [-0.2, 0) is 13.1 Å². The zero-order chi connectivity index (χ0) is 19.2. The van der Waals surface area contributed by atoms with E-state index in [4.69, 9.17) is 11.6 Å². The number of alkyl halides is 2. The van der Waals surface area contributed by atoms with E-state index in [0.717, 1.165) is 22.5 Å². The second kappa shape index (κ2) is 6.71. The monoisotopic (exact) mass is 392 g/mol. The lowest BCUT2D eigenvalue weighted by atomic mass is 10.1. The summed E-state index contributed by atoms with van der Waals surface area (Å²) in [6.07, 6.45) is 2.95. The van der Waals surface area contributed by atoms with Crippen molar-refractivity contribution in [2.45, 2.75) is 38.8 Å². The van der Waals surface area contributed by atoms with Gasteiger partial charge < -0.3 is 9.80 Å². The normalized spacial score (nSPS) is 18.7. The molecule has 4 heterocycles. The number of amides is 1. The van der Waals surface area contributed by atoms with E-state index in [1.807, 2.05) is 17.9 Å². The minimum absolute atomic E-state index is 0.0747. The van der Waals surface area contributed by atoms with E-state index in [0.29, 0.717) is 36.9 Å². The highest BCUT2D eigenvalue weighted by atomic mass is 35.5. The Morgan fingerprint density at radius 1 is 1.26 bits per heavy atom. The van der Waals surface area contributed by atoms with Gasteiger partial charge in [0.05, 0.1) is 6.54 Å². The van der Waals surface area contributed by atoms with E-state index in [2.05, 4.69) is 9.97 Å². The van der Waals surface area contributed by atoms with Crippen molar-refractivity contribution in [1.29, 1.82) is 0 Å². The molecule has 0 aromatic carbocycles.